The van der Waals surface area contributed by atoms with Gasteiger partial charge < -0.3 is 14.7 Å². The van der Waals surface area contributed by atoms with Crippen molar-refractivity contribution < 1.29 is 27.6 Å². The predicted molar refractivity (Wildman–Crippen MR) is 105 cm³/mol. The topological polar surface area (TPSA) is 71.6 Å². The van der Waals surface area contributed by atoms with Gasteiger partial charge >= 0.3 is 6.18 Å². The van der Waals surface area contributed by atoms with E-state index >= 15 is 0 Å². The van der Waals surface area contributed by atoms with Crippen LogP contribution in [0.5, 0.6) is 0 Å². The van der Waals surface area contributed by atoms with Gasteiger partial charge in [-0.25, -0.2) is 4.63 Å². The van der Waals surface area contributed by atoms with Crippen molar-refractivity contribution in [2.45, 2.75) is 31.7 Å². The fourth-order valence-corrected chi connectivity index (χ4v) is 3.64. The van der Waals surface area contributed by atoms with Gasteiger partial charge in [0.05, 0.1) is 11.3 Å². The Kier molecular flexibility index (Phi) is 4.98. The van der Waals surface area contributed by atoms with Crippen LogP contribution in [0.1, 0.15) is 25.5 Å². The second-order valence-corrected chi connectivity index (χ2v) is 8.11. The zero-order valence-corrected chi connectivity index (χ0v) is 16.8. The summed E-state index contributed by atoms with van der Waals surface area (Å²) in [4.78, 5) is 2.12. The lowest BCUT2D eigenvalue weighted by Crippen LogP contribution is -2.56. The third-order valence-electron chi connectivity index (χ3n) is 5.92. The summed E-state index contributed by atoms with van der Waals surface area (Å²) in [5, 5.41) is 17.5. The number of hydrogen-bond acceptors (Lipinski definition) is 6. The van der Waals surface area contributed by atoms with E-state index in [-0.39, 0.29) is 11.2 Å². The molecule has 1 atom stereocenters. The molecule has 0 saturated carbocycles. The maximum Gasteiger partial charge on any atom is 0.418 e. The minimum atomic E-state index is -4.73. The number of alkyl halides is 3. The number of methoxy groups -OCH3 is 1. The quantitative estimate of drug-likeness (QED) is 0.661. The number of halogens is 3. The fourth-order valence-electron chi connectivity index (χ4n) is 3.64. The molecular formula is C21H22F3N3O3. The van der Waals surface area contributed by atoms with Crippen molar-refractivity contribution >= 4 is 16.7 Å². The Labute approximate surface area is 171 Å². The molecule has 6 nitrogen and oxygen atoms in total. The standard InChI is InChI=1S/C21H22F3N3O3/c1-20(2,29-3)15-10-27(11-15)17-9-14(8-16-18(17)26-30-25-16)12-5-4-6-13(7-12)19(28)21(22,23)24/h4-9,15,19,28H,10-11H2,1-3H3. The number of aliphatic hydroxyl groups is 1. The van der Waals surface area contributed by atoms with E-state index in [1.54, 1.807) is 19.2 Å². The molecule has 9 heteroatoms. The molecule has 3 aromatic rings. The molecule has 30 heavy (non-hydrogen) atoms. The van der Waals surface area contributed by atoms with Crippen molar-refractivity contribution in [3.05, 3.63) is 42.0 Å². The molecule has 0 radical (unpaired) electrons. The zero-order valence-electron chi connectivity index (χ0n) is 16.8. The summed E-state index contributed by atoms with van der Waals surface area (Å²) in [6, 6.07) is 9.35. The lowest BCUT2D eigenvalue weighted by atomic mass is 9.83. The summed E-state index contributed by atoms with van der Waals surface area (Å²) in [5.41, 5.74) is 2.63. The van der Waals surface area contributed by atoms with Gasteiger partial charge in [0.2, 0.25) is 0 Å². The Morgan fingerprint density at radius 1 is 1.13 bits per heavy atom. The van der Waals surface area contributed by atoms with Crippen molar-refractivity contribution in [3.63, 3.8) is 0 Å². The predicted octanol–water partition coefficient (Wildman–Crippen LogP) is 4.35. The van der Waals surface area contributed by atoms with E-state index in [4.69, 9.17) is 9.37 Å². The molecule has 1 N–H and O–H groups in total. The number of nitrogens with zero attached hydrogens (tertiary/aromatic N) is 3. The van der Waals surface area contributed by atoms with Crippen LogP contribution in [-0.4, -0.2) is 47.4 Å². The molecule has 0 bridgehead atoms. The largest absolute Gasteiger partial charge is 0.418 e. The minimum Gasteiger partial charge on any atom is -0.379 e. The highest BCUT2D eigenvalue weighted by atomic mass is 19.4. The molecule has 0 amide bonds. The number of aromatic nitrogens is 2. The number of rotatable bonds is 5. The normalized spacial score (nSPS) is 16.7. The first-order valence-electron chi connectivity index (χ1n) is 9.51. The smallest absolute Gasteiger partial charge is 0.379 e. The summed E-state index contributed by atoms with van der Waals surface area (Å²) in [6.07, 6.45) is -7.27. The second kappa shape index (κ2) is 7.24. The molecule has 2 aromatic carbocycles. The summed E-state index contributed by atoms with van der Waals surface area (Å²) in [5.74, 6) is 0.325. The maximum atomic E-state index is 12.9. The zero-order chi connectivity index (χ0) is 21.7. The highest BCUT2D eigenvalue weighted by molar-refractivity contribution is 5.93. The molecule has 1 aliphatic heterocycles. The van der Waals surface area contributed by atoms with Crippen molar-refractivity contribution in [2.75, 3.05) is 25.1 Å². The first kappa shape index (κ1) is 20.6. The van der Waals surface area contributed by atoms with Crippen LogP contribution in [0.3, 0.4) is 0 Å². The number of aliphatic hydroxyl groups excluding tert-OH is 1. The van der Waals surface area contributed by atoms with Crippen LogP contribution in [-0.2, 0) is 4.74 Å². The van der Waals surface area contributed by atoms with Gasteiger partial charge in [0, 0.05) is 26.1 Å². The van der Waals surface area contributed by atoms with E-state index in [1.165, 1.54) is 18.2 Å². The van der Waals surface area contributed by atoms with Gasteiger partial charge in [-0.05, 0) is 59.1 Å². The Balaban J connectivity index is 1.69. The Bertz CT molecular complexity index is 1060. The summed E-state index contributed by atoms with van der Waals surface area (Å²) < 4.78 is 49.2. The van der Waals surface area contributed by atoms with Crippen LogP contribution in [0.4, 0.5) is 18.9 Å². The van der Waals surface area contributed by atoms with Gasteiger partial charge in [0.15, 0.2) is 11.6 Å². The first-order valence-corrected chi connectivity index (χ1v) is 9.51. The highest BCUT2D eigenvalue weighted by Gasteiger charge is 2.41. The summed E-state index contributed by atoms with van der Waals surface area (Å²) in [6.45, 7) is 5.57. The van der Waals surface area contributed by atoms with Crippen LogP contribution in [0, 0.1) is 5.92 Å². The van der Waals surface area contributed by atoms with Gasteiger partial charge in [0.1, 0.15) is 5.52 Å². The van der Waals surface area contributed by atoms with Gasteiger partial charge in [-0.1, -0.05) is 18.2 Å². The third kappa shape index (κ3) is 3.63. The lowest BCUT2D eigenvalue weighted by molar-refractivity contribution is -0.206. The summed E-state index contributed by atoms with van der Waals surface area (Å²) in [7, 11) is 1.69. The number of benzene rings is 2. The van der Waals surface area contributed by atoms with E-state index in [9.17, 15) is 18.3 Å². The fraction of sp³-hybridized carbons (Fsp3) is 0.429. The number of ether oxygens (including phenoxy) is 1. The Hall–Kier alpha value is -2.65. The van der Waals surface area contributed by atoms with E-state index in [2.05, 4.69) is 15.2 Å². The molecule has 0 spiro atoms. The monoisotopic (exact) mass is 421 g/mol. The Morgan fingerprint density at radius 2 is 1.87 bits per heavy atom. The molecule has 2 heterocycles. The van der Waals surface area contributed by atoms with Crippen molar-refractivity contribution in [1.29, 1.82) is 0 Å². The first-order chi connectivity index (χ1) is 14.1. The Morgan fingerprint density at radius 3 is 2.53 bits per heavy atom. The van der Waals surface area contributed by atoms with Gasteiger partial charge in [-0.2, -0.15) is 13.2 Å². The van der Waals surface area contributed by atoms with Gasteiger partial charge in [0.25, 0.3) is 0 Å². The average molecular weight is 421 g/mol. The molecule has 160 valence electrons. The molecule has 0 aliphatic carbocycles. The summed E-state index contributed by atoms with van der Waals surface area (Å²) >= 11 is 0. The van der Waals surface area contributed by atoms with Crippen molar-refractivity contribution in [3.8, 4) is 11.1 Å². The van der Waals surface area contributed by atoms with E-state index in [0.717, 1.165) is 18.8 Å². The van der Waals surface area contributed by atoms with Crippen molar-refractivity contribution in [2.24, 2.45) is 5.92 Å². The van der Waals surface area contributed by atoms with Crippen LogP contribution in [0.25, 0.3) is 22.2 Å². The molecule has 4 rings (SSSR count). The van der Waals surface area contributed by atoms with E-state index < -0.39 is 12.3 Å². The SMILES string of the molecule is COC(C)(C)C1CN(c2cc(-c3cccc(C(O)C(F)(F)F)c3)cc3nonc23)C1. The van der Waals surface area contributed by atoms with Crippen LogP contribution < -0.4 is 4.90 Å². The minimum absolute atomic E-state index is 0.217. The average Bonchev–Trinajstić information content (AvgIpc) is 3.14. The van der Waals surface area contributed by atoms with Gasteiger partial charge in [-0.3, -0.25) is 0 Å². The van der Waals surface area contributed by atoms with Crippen LogP contribution >= 0.6 is 0 Å². The van der Waals surface area contributed by atoms with Crippen LogP contribution in [0.15, 0.2) is 41.0 Å². The van der Waals surface area contributed by atoms with E-state index in [1.807, 2.05) is 19.9 Å². The molecule has 1 saturated heterocycles. The molecule has 1 unspecified atom stereocenters. The number of fused-ring (bicyclic) bond motifs is 1. The van der Waals surface area contributed by atoms with Crippen molar-refractivity contribution in [1.82, 2.24) is 10.3 Å². The number of hydrogen-bond donors (Lipinski definition) is 1. The van der Waals surface area contributed by atoms with Crippen LogP contribution in [0.2, 0.25) is 0 Å². The van der Waals surface area contributed by atoms with E-state index in [0.29, 0.717) is 28.1 Å². The second-order valence-electron chi connectivity index (χ2n) is 8.11. The molecule has 1 aromatic heterocycles. The third-order valence-corrected chi connectivity index (χ3v) is 5.92. The maximum absolute atomic E-state index is 12.9. The number of anilines is 1. The molecule has 1 aliphatic rings. The molecular weight excluding hydrogens is 399 g/mol. The molecule has 1 fully saturated rings. The lowest BCUT2D eigenvalue weighted by Gasteiger charge is -2.48. The highest BCUT2D eigenvalue weighted by Crippen LogP contribution is 2.39. The van der Waals surface area contributed by atoms with Gasteiger partial charge in [-0.15, -0.1) is 0 Å².